The minimum atomic E-state index is -0.369. The first-order valence-electron chi connectivity index (χ1n) is 6.94. The predicted octanol–water partition coefficient (Wildman–Crippen LogP) is 2.55. The molecule has 0 unspecified atom stereocenters. The third-order valence-corrected chi connectivity index (χ3v) is 3.74. The highest BCUT2D eigenvalue weighted by Gasteiger charge is 2.26. The zero-order valence-electron chi connectivity index (χ0n) is 13.2. The van der Waals surface area contributed by atoms with E-state index in [1.54, 1.807) is 6.07 Å². The SMILES string of the molecule is COc1cc(F)c([C@H](CC#N)N2CCNCC2)cc1OC.Cl.Cl. The minimum Gasteiger partial charge on any atom is -0.493 e. The maximum Gasteiger partial charge on any atom is 0.163 e. The Kier molecular flexibility index (Phi) is 9.93. The summed E-state index contributed by atoms with van der Waals surface area (Å²) in [5, 5.41) is 12.3. The normalized spacial score (nSPS) is 15.6. The summed E-state index contributed by atoms with van der Waals surface area (Å²) in [4.78, 5) is 2.13. The molecule has 1 aromatic carbocycles. The highest BCUT2D eigenvalue weighted by atomic mass is 35.5. The van der Waals surface area contributed by atoms with Gasteiger partial charge in [0.25, 0.3) is 0 Å². The lowest BCUT2D eigenvalue weighted by atomic mass is 10.0. The van der Waals surface area contributed by atoms with Crippen LogP contribution in [-0.2, 0) is 0 Å². The van der Waals surface area contributed by atoms with Crippen LogP contribution in [0.5, 0.6) is 11.5 Å². The third-order valence-electron chi connectivity index (χ3n) is 3.74. The Bertz CT molecular complexity index is 534. The number of nitrogens with one attached hydrogen (secondary N) is 1. The monoisotopic (exact) mass is 365 g/mol. The van der Waals surface area contributed by atoms with Crippen molar-refractivity contribution >= 4 is 24.8 Å². The van der Waals surface area contributed by atoms with Gasteiger partial charge in [-0.3, -0.25) is 4.90 Å². The lowest BCUT2D eigenvalue weighted by Gasteiger charge is -2.34. The van der Waals surface area contributed by atoms with Crippen molar-refractivity contribution < 1.29 is 13.9 Å². The molecular weight excluding hydrogens is 344 g/mol. The fraction of sp³-hybridized carbons (Fsp3) is 0.533. The number of nitriles is 1. The van der Waals surface area contributed by atoms with Crippen molar-refractivity contribution in [3.05, 3.63) is 23.5 Å². The van der Waals surface area contributed by atoms with Gasteiger partial charge in [-0.05, 0) is 6.07 Å². The van der Waals surface area contributed by atoms with Gasteiger partial charge in [0, 0.05) is 37.8 Å². The van der Waals surface area contributed by atoms with Crippen LogP contribution >= 0.6 is 24.8 Å². The van der Waals surface area contributed by atoms with Gasteiger partial charge in [0.1, 0.15) is 5.82 Å². The van der Waals surface area contributed by atoms with Crippen LogP contribution in [0, 0.1) is 17.1 Å². The smallest absolute Gasteiger partial charge is 0.163 e. The van der Waals surface area contributed by atoms with E-state index in [4.69, 9.17) is 14.7 Å². The second-order valence-electron chi connectivity index (χ2n) is 4.89. The summed E-state index contributed by atoms with van der Waals surface area (Å²) in [7, 11) is 2.99. The van der Waals surface area contributed by atoms with Crippen molar-refractivity contribution in [2.45, 2.75) is 12.5 Å². The number of methoxy groups -OCH3 is 2. The first-order chi connectivity index (χ1) is 10.2. The maximum absolute atomic E-state index is 14.4. The molecule has 0 aliphatic carbocycles. The van der Waals surface area contributed by atoms with Crippen LogP contribution in [0.15, 0.2) is 12.1 Å². The van der Waals surface area contributed by atoms with Crippen molar-refractivity contribution in [3.63, 3.8) is 0 Å². The molecule has 2 rings (SSSR count). The van der Waals surface area contributed by atoms with Gasteiger partial charge in [0.15, 0.2) is 11.5 Å². The van der Waals surface area contributed by atoms with E-state index >= 15 is 0 Å². The van der Waals surface area contributed by atoms with E-state index < -0.39 is 0 Å². The van der Waals surface area contributed by atoms with Crippen LogP contribution in [0.25, 0.3) is 0 Å². The highest BCUT2D eigenvalue weighted by Crippen LogP contribution is 2.35. The zero-order chi connectivity index (χ0) is 15.2. The van der Waals surface area contributed by atoms with Crippen molar-refractivity contribution in [2.24, 2.45) is 0 Å². The molecule has 1 saturated heterocycles. The molecule has 0 saturated carbocycles. The van der Waals surface area contributed by atoms with Gasteiger partial charge in [0.2, 0.25) is 0 Å². The molecule has 8 heteroatoms. The Labute approximate surface area is 148 Å². The summed E-state index contributed by atoms with van der Waals surface area (Å²) in [6.45, 7) is 3.27. The Hall–Kier alpha value is -1.26. The molecule has 1 N–H and O–H groups in total. The molecule has 1 aliphatic heterocycles. The van der Waals surface area contributed by atoms with Gasteiger partial charge in [-0.15, -0.1) is 24.8 Å². The summed E-state index contributed by atoms with van der Waals surface area (Å²) >= 11 is 0. The molecule has 0 aromatic heterocycles. The number of piperazine rings is 1. The van der Waals surface area contributed by atoms with Crippen LogP contribution in [0.4, 0.5) is 4.39 Å². The second kappa shape index (κ2) is 10.5. The Morgan fingerprint density at radius 3 is 2.30 bits per heavy atom. The first kappa shape index (κ1) is 21.7. The fourth-order valence-electron chi connectivity index (χ4n) is 2.64. The van der Waals surface area contributed by atoms with Gasteiger partial charge in [0.05, 0.1) is 32.8 Å². The molecular formula is C15H22Cl2FN3O2. The van der Waals surface area contributed by atoms with E-state index in [9.17, 15) is 4.39 Å². The molecule has 1 fully saturated rings. The molecule has 130 valence electrons. The van der Waals surface area contributed by atoms with Crippen LogP contribution < -0.4 is 14.8 Å². The molecule has 0 bridgehead atoms. The topological polar surface area (TPSA) is 57.5 Å². The van der Waals surface area contributed by atoms with Crippen LogP contribution in [0.2, 0.25) is 0 Å². The molecule has 0 amide bonds. The summed E-state index contributed by atoms with van der Waals surface area (Å²) in [6, 6.07) is 4.85. The molecule has 1 aliphatic rings. The van der Waals surface area contributed by atoms with Gasteiger partial charge in [-0.2, -0.15) is 5.26 Å². The standard InChI is InChI=1S/C15H20FN3O2.2ClH/c1-20-14-9-11(12(16)10-15(14)21-2)13(3-4-17)19-7-5-18-6-8-19;;/h9-10,13,18H,3,5-8H2,1-2H3;2*1H/t13-;;/m0../s1. The van der Waals surface area contributed by atoms with Crippen LogP contribution in [0.3, 0.4) is 0 Å². The highest BCUT2D eigenvalue weighted by molar-refractivity contribution is 5.85. The number of halogens is 3. The largest absolute Gasteiger partial charge is 0.493 e. The summed E-state index contributed by atoms with van der Waals surface area (Å²) in [5.74, 6) is 0.466. The van der Waals surface area contributed by atoms with E-state index in [0.29, 0.717) is 17.1 Å². The van der Waals surface area contributed by atoms with Crippen molar-refractivity contribution in [1.29, 1.82) is 5.26 Å². The van der Waals surface area contributed by atoms with Gasteiger partial charge in [-0.25, -0.2) is 4.39 Å². The lowest BCUT2D eigenvalue weighted by Crippen LogP contribution is -2.45. The molecule has 1 heterocycles. The van der Waals surface area contributed by atoms with Crippen molar-refractivity contribution in [2.75, 3.05) is 40.4 Å². The van der Waals surface area contributed by atoms with Crippen LogP contribution in [0.1, 0.15) is 18.0 Å². The van der Waals surface area contributed by atoms with E-state index in [-0.39, 0.29) is 43.1 Å². The minimum absolute atomic E-state index is 0. The number of nitrogens with zero attached hydrogens (tertiary/aromatic N) is 2. The van der Waals surface area contributed by atoms with Crippen molar-refractivity contribution in [1.82, 2.24) is 10.2 Å². The van der Waals surface area contributed by atoms with E-state index in [1.165, 1.54) is 20.3 Å². The lowest BCUT2D eigenvalue weighted by molar-refractivity contribution is 0.172. The maximum atomic E-state index is 14.4. The van der Waals surface area contributed by atoms with E-state index in [1.807, 2.05) is 0 Å². The third kappa shape index (κ3) is 5.11. The van der Waals surface area contributed by atoms with Crippen LogP contribution in [-0.4, -0.2) is 45.3 Å². The summed E-state index contributed by atoms with van der Waals surface area (Å²) in [6.07, 6.45) is 0.242. The Morgan fingerprint density at radius 2 is 1.78 bits per heavy atom. The van der Waals surface area contributed by atoms with E-state index in [0.717, 1.165) is 26.2 Å². The van der Waals surface area contributed by atoms with E-state index in [2.05, 4.69) is 16.3 Å². The zero-order valence-corrected chi connectivity index (χ0v) is 14.8. The molecule has 5 nitrogen and oxygen atoms in total. The summed E-state index contributed by atoms with van der Waals surface area (Å²) < 4.78 is 24.7. The molecule has 0 spiro atoms. The predicted molar refractivity (Wildman–Crippen MR) is 91.4 cm³/mol. The number of ether oxygens (including phenoxy) is 2. The van der Waals surface area contributed by atoms with Gasteiger partial charge >= 0.3 is 0 Å². The average Bonchev–Trinajstić information content (AvgIpc) is 2.53. The molecule has 1 atom stereocenters. The molecule has 0 radical (unpaired) electrons. The van der Waals surface area contributed by atoms with Gasteiger partial charge < -0.3 is 14.8 Å². The number of hydrogen-bond donors (Lipinski definition) is 1. The molecule has 23 heavy (non-hydrogen) atoms. The summed E-state index contributed by atoms with van der Waals surface area (Å²) in [5.41, 5.74) is 0.483. The number of hydrogen-bond acceptors (Lipinski definition) is 5. The fourth-order valence-corrected chi connectivity index (χ4v) is 2.64. The molecule has 1 aromatic rings. The second-order valence-corrected chi connectivity index (χ2v) is 4.89. The van der Waals surface area contributed by atoms with Crippen molar-refractivity contribution in [3.8, 4) is 17.6 Å². The first-order valence-corrected chi connectivity index (χ1v) is 6.94. The van der Waals surface area contributed by atoms with Gasteiger partial charge in [-0.1, -0.05) is 0 Å². The Balaban J connectivity index is 0.00000242. The quantitative estimate of drug-likeness (QED) is 0.868. The Morgan fingerprint density at radius 1 is 1.22 bits per heavy atom. The number of benzene rings is 1. The number of rotatable bonds is 5. The average molecular weight is 366 g/mol.